The summed E-state index contributed by atoms with van der Waals surface area (Å²) in [6, 6.07) is 6.56. The van der Waals surface area contributed by atoms with Gasteiger partial charge in [-0.1, -0.05) is 13.0 Å². The molecule has 2 atom stereocenters. The molecule has 0 radical (unpaired) electrons. The summed E-state index contributed by atoms with van der Waals surface area (Å²) in [6.45, 7) is 6.35. The largest absolute Gasteiger partial charge is 0.493 e. The summed E-state index contributed by atoms with van der Waals surface area (Å²) >= 11 is 1.97. The molecule has 154 valence electrons. The predicted octanol–water partition coefficient (Wildman–Crippen LogP) is 4.44. The third-order valence-electron chi connectivity index (χ3n) is 4.51. The van der Waals surface area contributed by atoms with Gasteiger partial charge < -0.3 is 20.1 Å². The van der Waals surface area contributed by atoms with Gasteiger partial charge in [-0.25, -0.2) is 4.99 Å². The van der Waals surface area contributed by atoms with Gasteiger partial charge in [0.15, 0.2) is 17.5 Å². The molecule has 2 unspecified atom stereocenters. The van der Waals surface area contributed by atoms with Crippen LogP contribution >= 0.6 is 35.7 Å². The van der Waals surface area contributed by atoms with Gasteiger partial charge in [0, 0.05) is 17.8 Å². The highest BCUT2D eigenvalue weighted by Gasteiger charge is 2.24. The lowest BCUT2D eigenvalue weighted by atomic mass is 10.2. The topological polar surface area (TPSA) is 54.9 Å². The van der Waals surface area contributed by atoms with E-state index in [4.69, 9.17) is 14.5 Å². The highest BCUT2D eigenvalue weighted by atomic mass is 127. The number of aliphatic imine (C=N–C) groups is 1. The molecule has 1 saturated carbocycles. The zero-order valence-corrected chi connectivity index (χ0v) is 20.1. The first-order chi connectivity index (χ1) is 12.7. The van der Waals surface area contributed by atoms with E-state index in [-0.39, 0.29) is 24.0 Å². The molecule has 7 heteroatoms. The van der Waals surface area contributed by atoms with Crippen molar-refractivity contribution in [2.45, 2.75) is 57.4 Å². The molecule has 0 heterocycles. The molecule has 0 bridgehead atoms. The second-order valence-corrected chi connectivity index (χ2v) is 7.68. The number of halogens is 1. The minimum atomic E-state index is 0. The van der Waals surface area contributed by atoms with Crippen LogP contribution in [0.1, 0.15) is 45.1 Å². The standard InChI is InChI=1S/C20H33N3O2S.HI/c1-5-11-25-18-10-7-15(12-19(18)24-3)14-22-20(21-6-2)23-16-8-9-17(13-16)26-4;/h7,10,12,16-17H,5-6,8-9,11,13-14H2,1-4H3,(H2,21,22,23);1H. The molecule has 27 heavy (non-hydrogen) atoms. The fraction of sp³-hybridized carbons (Fsp3) is 0.650. The number of guanidine groups is 1. The molecule has 1 aromatic carbocycles. The fourth-order valence-electron chi connectivity index (χ4n) is 3.11. The van der Waals surface area contributed by atoms with E-state index in [1.165, 1.54) is 19.3 Å². The summed E-state index contributed by atoms with van der Waals surface area (Å²) in [5, 5.41) is 7.72. The number of benzene rings is 1. The van der Waals surface area contributed by atoms with Crippen LogP contribution in [0.15, 0.2) is 23.2 Å². The Balaban J connectivity index is 0.00000364. The van der Waals surface area contributed by atoms with Crippen LogP contribution in [0.25, 0.3) is 0 Å². The van der Waals surface area contributed by atoms with Crippen molar-refractivity contribution in [2.75, 3.05) is 26.5 Å². The maximum absolute atomic E-state index is 5.72. The van der Waals surface area contributed by atoms with Gasteiger partial charge in [0.2, 0.25) is 0 Å². The van der Waals surface area contributed by atoms with Gasteiger partial charge in [0.25, 0.3) is 0 Å². The highest BCUT2D eigenvalue weighted by Crippen LogP contribution is 2.29. The van der Waals surface area contributed by atoms with Crippen molar-refractivity contribution in [3.63, 3.8) is 0 Å². The van der Waals surface area contributed by atoms with Crippen molar-refractivity contribution in [1.82, 2.24) is 10.6 Å². The van der Waals surface area contributed by atoms with E-state index in [2.05, 4.69) is 36.8 Å². The Morgan fingerprint density at radius 3 is 2.70 bits per heavy atom. The number of nitrogens with zero attached hydrogens (tertiary/aromatic N) is 1. The monoisotopic (exact) mass is 507 g/mol. The Bertz CT molecular complexity index is 586. The number of nitrogens with one attached hydrogen (secondary N) is 2. The Hall–Kier alpha value is -0.830. The SMILES string of the molecule is CCCOc1ccc(CN=C(NCC)NC2CCC(SC)C2)cc1OC.I. The summed E-state index contributed by atoms with van der Waals surface area (Å²) in [5.41, 5.74) is 1.11. The van der Waals surface area contributed by atoms with E-state index < -0.39 is 0 Å². The normalized spacial score (nSPS) is 19.3. The third kappa shape index (κ3) is 7.97. The molecule has 0 saturated heterocycles. The zero-order chi connectivity index (χ0) is 18.8. The molecule has 1 aliphatic carbocycles. The molecule has 0 aromatic heterocycles. The zero-order valence-electron chi connectivity index (χ0n) is 16.9. The van der Waals surface area contributed by atoms with Gasteiger partial charge in [0.05, 0.1) is 20.3 Å². The lowest BCUT2D eigenvalue weighted by Crippen LogP contribution is -2.42. The molecule has 0 amide bonds. The Morgan fingerprint density at radius 2 is 2.07 bits per heavy atom. The lowest BCUT2D eigenvalue weighted by Gasteiger charge is -2.17. The fourth-order valence-corrected chi connectivity index (χ4v) is 3.91. The number of hydrogen-bond acceptors (Lipinski definition) is 4. The van der Waals surface area contributed by atoms with Crippen molar-refractivity contribution in [2.24, 2.45) is 4.99 Å². The van der Waals surface area contributed by atoms with E-state index in [9.17, 15) is 0 Å². The molecular formula is C20H34IN3O2S. The van der Waals surface area contributed by atoms with E-state index in [0.29, 0.717) is 19.2 Å². The van der Waals surface area contributed by atoms with Crippen molar-refractivity contribution in [1.29, 1.82) is 0 Å². The van der Waals surface area contributed by atoms with Crippen LogP contribution in [0, 0.1) is 0 Å². The van der Waals surface area contributed by atoms with Gasteiger partial charge in [-0.15, -0.1) is 24.0 Å². The third-order valence-corrected chi connectivity index (χ3v) is 5.61. The molecule has 0 aliphatic heterocycles. The first-order valence-electron chi connectivity index (χ1n) is 9.57. The number of thioether (sulfide) groups is 1. The van der Waals surface area contributed by atoms with Gasteiger partial charge in [-0.05, 0) is 56.6 Å². The van der Waals surface area contributed by atoms with Gasteiger partial charge >= 0.3 is 0 Å². The number of ether oxygens (including phenoxy) is 2. The van der Waals surface area contributed by atoms with Crippen LogP contribution < -0.4 is 20.1 Å². The van der Waals surface area contributed by atoms with Gasteiger partial charge in [0.1, 0.15) is 0 Å². The maximum Gasteiger partial charge on any atom is 0.191 e. The summed E-state index contributed by atoms with van der Waals surface area (Å²) in [5.74, 6) is 2.45. The van der Waals surface area contributed by atoms with Crippen LogP contribution in [-0.2, 0) is 6.54 Å². The maximum atomic E-state index is 5.72. The summed E-state index contributed by atoms with van der Waals surface area (Å²) < 4.78 is 11.2. The average molecular weight is 507 g/mol. The predicted molar refractivity (Wildman–Crippen MR) is 127 cm³/mol. The quantitative estimate of drug-likeness (QED) is 0.294. The summed E-state index contributed by atoms with van der Waals surface area (Å²) in [4.78, 5) is 4.76. The first-order valence-corrected chi connectivity index (χ1v) is 10.9. The Kier molecular flexibility index (Phi) is 12.0. The van der Waals surface area contributed by atoms with Crippen LogP contribution in [-0.4, -0.2) is 43.8 Å². The number of hydrogen-bond donors (Lipinski definition) is 2. The van der Waals surface area contributed by atoms with Crippen molar-refractivity contribution >= 4 is 41.7 Å². The second-order valence-electron chi connectivity index (χ2n) is 6.54. The Labute approximate surface area is 185 Å². The van der Waals surface area contributed by atoms with Gasteiger partial charge in [-0.3, -0.25) is 0 Å². The summed E-state index contributed by atoms with van der Waals surface area (Å²) in [7, 11) is 1.68. The molecule has 1 aromatic rings. The first kappa shape index (κ1) is 24.2. The van der Waals surface area contributed by atoms with E-state index in [1.807, 2.05) is 23.9 Å². The molecule has 0 spiro atoms. The molecule has 2 N–H and O–H groups in total. The molecule has 5 nitrogen and oxygen atoms in total. The minimum Gasteiger partial charge on any atom is -0.493 e. The van der Waals surface area contributed by atoms with Crippen LogP contribution in [0.4, 0.5) is 0 Å². The smallest absolute Gasteiger partial charge is 0.191 e. The molecule has 1 fully saturated rings. The van der Waals surface area contributed by atoms with Crippen LogP contribution in [0.2, 0.25) is 0 Å². The van der Waals surface area contributed by atoms with Crippen molar-refractivity contribution < 1.29 is 9.47 Å². The molecule has 1 aliphatic rings. The minimum absolute atomic E-state index is 0. The Morgan fingerprint density at radius 1 is 1.26 bits per heavy atom. The molecular weight excluding hydrogens is 473 g/mol. The van der Waals surface area contributed by atoms with Crippen LogP contribution in [0.5, 0.6) is 11.5 Å². The highest BCUT2D eigenvalue weighted by molar-refractivity contribution is 14.0. The number of methoxy groups -OCH3 is 1. The average Bonchev–Trinajstić information content (AvgIpc) is 3.12. The van der Waals surface area contributed by atoms with E-state index in [1.54, 1.807) is 7.11 Å². The van der Waals surface area contributed by atoms with Gasteiger partial charge in [-0.2, -0.15) is 11.8 Å². The lowest BCUT2D eigenvalue weighted by molar-refractivity contribution is 0.294. The second kappa shape index (κ2) is 13.4. The van der Waals surface area contributed by atoms with E-state index in [0.717, 1.165) is 41.2 Å². The summed E-state index contributed by atoms with van der Waals surface area (Å²) in [6.07, 6.45) is 6.89. The number of rotatable bonds is 9. The van der Waals surface area contributed by atoms with Crippen molar-refractivity contribution in [3.05, 3.63) is 23.8 Å². The van der Waals surface area contributed by atoms with Crippen molar-refractivity contribution in [3.8, 4) is 11.5 Å². The van der Waals surface area contributed by atoms with Crippen LogP contribution in [0.3, 0.4) is 0 Å². The van der Waals surface area contributed by atoms with E-state index >= 15 is 0 Å². The molecule has 2 rings (SSSR count).